The molecule has 2 saturated heterocycles. The van der Waals surface area contributed by atoms with Gasteiger partial charge in [0.1, 0.15) is 11.3 Å². The van der Waals surface area contributed by atoms with Crippen molar-refractivity contribution in [3.63, 3.8) is 0 Å². The fraction of sp³-hybridized carbons (Fsp3) is 0.391. The molecule has 0 unspecified atom stereocenters. The number of benzene rings is 2. The number of thioether (sulfide) groups is 1. The molecule has 0 radical (unpaired) electrons. The summed E-state index contributed by atoms with van der Waals surface area (Å²) < 4.78 is 5.41. The van der Waals surface area contributed by atoms with Crippen molar-refractivity contribution in [3.05, 3.63) is 54.1 Å². The summed E-state index contributed by atoms with van der Waals surface area (Å²) in [6, 6.07) is 15.6. The van der Waals surface area contributed by atoms with E-state index in [2.05, 4.69) is 10.2 Å². The van der Waals surface area contributed by atoms with Gasteiger partial charge in [-0.2, -0.15) is 0 Å². The van der Waals surface area contributed by atoms with Gasteiger partial charge >= 0.3 is 0 Å². The number of fused-ring (bicyclic) bond motifs is 4. The smallest absolute Gasteiger partial charge is 0.253 e. The maximum Gasteiger partial charge on any atom is 0.253 e. The molecule has 1 N–H and O–H groups in total. The summed E-state index contributed by atoms with van der Waals surface area (Å²) in [5, 5.41) is 3.06. The first-order chi connectivity index (χ1) is 14.6. The van der Waals surface area contributed by atoms with Crippen LogP contribution < -0.4 is 15.0 Å². The Balaban J connectivity index is 1.60. The van der Waals surface area contributed by atoms with Gasteiger partial charge in [0.2, 0.25) is 5.91 Å². The number of nitrogens with zero attached hydrogens (tertiary/aromatic N) is 2. The van der Waals surface area contributed by atoms with E-state index >= 15 is 0 Å². The lowest BCUT2D eigenvalue weighted by Gasteiger charge is -2.36. The highest BCUT2D eigenvalue weighted by atomic mass is 32.2. The van der Waals surface area contributed by atoms with Gasteiger partial charge in [-0.25, -0.2) is 0 Å². The Kier molecular flexibility index (Phi) is 4.75. The molecule has 6 nitrogen and oxygen atoms in total. The van der Waals surface area contributed by atoms with Gasteiger partial charge in [0, 0.05) is 35.5 Å². The van der Waals surface area contributed by atoms with Crippen molar-refractivity contribution in [3.8, 4) is 5.75 Å². The normalized spacial score (nSPS) is 27.4. The lowest BCUT2D eigenvalue weighted by atomic mass is 9.78. The van der Waals surface area contributed by atoms with Gasteiger partial charge in [-0.05, 0) is 31.5 Å². The first-order valence-electron chi connectivity index (χ1n) is 10.3. The Morgan fingerprint density at radius 2 is 2.00 bits per heavy atom. The van der Waals surface area contributed by atoms with E-state index in [1.54, 1.807) is 7.11 Å². The second-order valence-electron chi connectivity index (χ2n) is 7.93. The molecule has 3 heterocycles. The molecule has 0 saturated carbocycles. The molecule has 0 aromatic heterocycles. The summed E-state index contributed by atoms with van der Waals surface area (Å²) in [4.78, 5) is 31.7. The van der Waals surface area contributed by atoms with Crippen LogP contribution in [0.5, 0.6) is 5.75 Å². The Bertz CT molecular complexity index is 1010. The molecule has 156 valence electrons. The number of amides is 2. The van der Waals surface area contributed by atoms with E-state index in [9.17, 15) is 9.59 Å². The Morgan fingerprint density at radius 1 is 1.23 bits per heavy atom. The van der Waals surface area contributed by atoms with E-state index in [4.69, 9.17) is 4.74 Å². The van der Waals surface area contributed by atoms with E-state index in [1.165, 1.54) is 0 Å². The van der Waals surface area contributed by atoms with Crippen LogP contribution in [0.15, 0.2) is 48.5 Å². The highest BCUT2D eigenvalue weighted by Crippen LogP contribution is 2.57. The highest BCUT2D eigenvalue weighted by Gasteiger charge is 2.67. The molecule has 0 bridgehead atoms. The lowest BCUT2D eigenvalue weighted by molar-refractivity contribution is -0.136. The number of hydrogen-bond donors (Lipinski definition) is 1. The fourth-order valence-electron chi connectivity index (χ4n) is 5.36. The number of anilines is 2. The van der Waals surface area contributed by atoms with Crippen LogP contribution in [-0.2, 0) is 15.1 Å². The van der Waals surface area contributed by atoms with Crippen molar-refractivity contribution < 1.29 is 14.3 Å². The molecular formula is C23H25N3O3S. The molecule has 7 heteroatoms. The molecule has 0 aliphatic carbocycles. The number of carbonyl (C=O) groups excluding carboxylic acids is 2. The van der Waals surface area contributed by atoms with Crippen molar-refractivity contribution in [2.45, 2.75) is 24.9 Å². The lowest BCUT2D eigenvalue weighted by Crippen LogP contribution is -2.55. The van der Waals surface area contributed by atoms with Crippen LogP contribution in [0.3, 0.4) is 0 Å². The van der Waals surface area contributed by atoms with Crippen LogP contribution in [0.1, 0.15) is 18.9 Å². The molecule has 3 atom stereocenters. The molecular weight excluding hydrogens is 398 g/mol. The SMILES string of the molecule is CCN1C(=O)[C@]2(c3ccccc31)[C@H](C(=O)Nc1ccccc1OC)C[C@@H]1CSCN12. The number of para-hydroxylation sites is 3. The molecule has 2 aromatic carbocycles. The predicted octanol–water partition coefficient (Wildman–Crippen LogP) is 3.29. The van der Waals surface area contributed by atoms with Crippen molar-refractivity contribution in [2.75, 3.05) is 35.5 Å². The Hall–Kier alpha value is -2.51. The summed E-state index contributed by atoms with van der Waals surface area (Å²) in [5.74, 6) is 1.76. The molecule has 30 heavy (non-hydrogen) atoms. The van der Waals surface area contributed by atoms with E-state index in [1.807, 2.05) is 72.1 Å². The van der Waals surface area contributed by atoms with Crippen molar-refractivity contribution in [1.82, 2.24) is 4.90 Å². The second-order valence-corrected chi connectivity index (χ2v) is 8.93. The Labute approximate surface area is 180 Å². The predicted molar refractivity (Wildman–Crippen MR) is 119 cm³/mol. The van der Waals surface area contributed by atoms with Gasteiger partial charge in [-0.15, -0.1) is 11.8 Å². The molecule has 2 amide bonds. The standard InChI is InChI=1S/C23H25N3O3S/c1-3-25-19-10-6-4-8-16(19)23(22(25)28)17(12-15-13-30-14-26(15)23)21(27)24-18-9-5-7-11-20(18)29-2/h4-11,15,17H,3,12-14H2,1-2H3,(H,24,27)/t15-,17+,23+/m1/s1. The molecule has 2 fully saturated rings. The van der Waals surface area contributed by atoms with Crippen LogP contribution in [0.4, 0.5) is 11.4 Å². The highest BCUT2D eigenvalue weighted by molar-refractivity contribution is 7.99. The van der Waals surface area contributed by atoms with Gasteiger partial charge in [0.25, 0.3) is 5.91 Å². The van der Waals surface area contributed by atoms with Gasteiger partial charge in [-0.3, -0.25) is 14.5 Å². The van der Waals surface area contributed by atoms with Gasteiger partial charge in [0.05, 0.1) is 18.7 Å². The van der Waals surface area contributed by atoms with Crippen LogP contribution in [0.2, 0.25) is 0 Å². The minimum Gasteiger partial charge on any atom is -0.495 e. The van der Waals surface area contributed by atoms with E-state index in [0.29, 0.717) is 24.4 Å². The van der Waals surface area contributed by atoms with Crippen molar-refractivity contribution >= 4 is 35.0 Å². The Morgan fingerprint density at radius 3 is 2.80 bits per heavy atom. The van der Waals surface area contributed by atoms with Crippen LogP contribution in [0, 0.1) is 5.92 Å². The zero-order valence-corrected chi connectivity index (χ0v) is 17.9. The monoisotopic (exact) mass is 423 g/mol. The largest absolute Gasteiger partial charge is 0.495 e. The van der Waals surface area contributed by atoms with E-state index in [0.717, 1.165) is 22.9 Å². The first-order valence-corrected chi connectivity index (χ1v) is 11.5. The summed E-state index contributed by atoms with van der Waals surface area (Å²) in [7, 11) is 1.59. The maximum absolute atomic E-state index is 13.9. The van der Waals surface area contributed by atoms with Crippen molar-refractivity contribution in [1.29, 1.82) is 0 Å². The zero-order valence-electron chi connectivity index (χ0n) is 17.1. The molecule has 3 aliphatic rings. The maximum atomic E-state index is 13.9. The van der Waals surface area contributed by atoms with E-state index in [-0.39, 0.29) is 17.9 Å². The zero-order chi connectivity index (χ0) is 20.9. The molecule has 3 aliphatic heterocycles. The van der Waals surface area contributed by atoms with Crippen LogP contribution in [0.25, 0.3) is 0 Å². The number of rotatable bonds is 4. The summed E-state index contributed by atoms with van der Waals surface area (Å²) in [5.41, 5.74) is 1.58. The number of methoxy groups -OCH3 is 1. The molecule has 1 spiro atoms. The van der Waals surface area contributed by atoms with Crippen LogP contribution >= 0.6 is 11.8 Å². The van der Waals surface area contributed by atoms with Gasteiger partial charge in [0.15, 0.2) is 0 Å². The number of carbonyl (C=O) groups is 2. The van der Waals surface area contributed by atoms with Crippen LogP contribution in [-0.4, -0.2) is 48.0 Å². The summed E-state index contributed by atoms with van der Waals surface area (Å²) in [6.07, 6.45) is 0.672. The second kappa shape index (κ2) is 7.32. The minimum absolute atomic E-state index is 0.0244. The van der Waals surface area contributed by atoms with Gasteiger partial charge < -0.3 is 15.0 Å². The third-order valence-electron chi connectivity index (χ3n) is 6.62. The third-order valence-corrected chi connectivity index (χ3v) is 7.70. The van der Waals surface area contributed by atoms with E-state index < -0.39 is 11.5 Å². The summed E-state index contributed by atoms with van der Waals surface area (Å²) >= 11 is 1.84. The quantitative estimate of drug-likeness (QED) is 0.818. The fourth-order valence-corrected chi connectivity index (χ4v) is 6.67. The van der Waals surface area contributed by atoms with Gasteiger partial charge in [-0.1, -0.05) is 30.3 Å². The first kappa shape index (κ1) is 19.5. The number of likely N-dealkylation sites (N-methyl/N-ethyl adjacent to an activating group) is 1. The average Bonchev–Trinajstić information content (AvgIpc) is 3.42. The minimum atomic E-state index is -0.938. The average molecular weight is 424 g/mol. The number of ether oxygens (including phenoxy) is 1. The third kappa shape index (κ3) is 2.55. The summed E-state index contributed by atoms with van der Waals surface area (Å²) in [6.45, 7) is 2.58. The molecule has 2 aromatic rings. The number of hydrogen-bond acceptors (Lipinski definition) is 5. The number of nitrogens with one attached hydrogen (secondary N) is 1. The topological polar surface area (TPSA) is 61.9 Å². The van der Waals surface area contributed by atoms with Crippen molar-refractivity contribution in [2.24, 2.45) is 5.92 Å². The molecule has 5 rings (SSSR count).